The van der Waals surface area contributed by atoms with Crippen molar-refractivity contribution >= 4 is 58.0 Å². The fourth-order valence-electron chi connectivity index (χ4n) is 1.72. The molecule has 0 radical (unpaired) electrons. The summed E-state index contributed by atoms with van der Waals surface area (Å²) in [6, 6.07) is 11.2. The molecule has 0 saturated heterocycles. The zero-order valence-corrected chi connectivity index (χ0v) is 13.5. The lowest BCUT2D eigenvalue weighted by molar-refractivity contribution is -0.123. The first kappa shape index (κ1) is 16.6. The van der Waals surface area contributed by atoms with Crippen LogP contribution in [-0.4, -0.2) is 11.8 Å². The molecule has 2 rings (SSSR count). The van der Waals surface area contributed by atoms with E-state index in [-0.39, 0.29) is 6.42 Å². The molecule has 0 aromatic heterocycles. The second kappa shape index (κ2) is 7.49. The lowest BCUT2D eigenvalue weighted by Crippen LogP contribution is -2.21. The molecule has 0 saturated carbocycles. The number of rotatable bonds is 4. The number of hydrogen-bond acceptors (Lipinski definition) is 2. The summed E-state index contributed by atoms with van der Waals surface area (Å²) in [6.45, 7) is 0. The fourth-order valence-corrected chi connectivity index (χ4v) is 2.37. The van der Waals surface area contributed by atoms with Crippen LogP contribution in [0.4, 0.5) is 11.4 Å². The third-order valence-electron chi connectivity index (χ3n) is 2.60. The van der Waals surface area contributed by atoms with Gasteiger partial charge in [0.05, 0.1) is 0 Å². The molecule has 22 heavy (non-hydrogen) atoms. The molecular formula is C15H11Cl3N2O2. The number of halogens is 3. The van der Waals surface area contributed by atoms with E-state index in [2.05, 4.69) is 10.6 Å². The summed E-state index contributed by atoms with van der Waals surface area (Å²) in [4.78, 5) is 23.6. The molecule has 0 unspecified atom stereocenters. The van der Waals surface area contributed by atoms with Crippen LogP contribution in [0.1, 0.15) is 6.42 Å². The third-order valence-corrected chi connectivity index (χ3v) is 3.28. The van der Waals surface area contributed by atoms with Crippen molar-refractivity contribution in [1.82, 2.24) is 0 Å². The SMILES string of the molecule is O=C(CC(=O)Nc1cc(Cl)cc(Cl)c1)Nc1ccc(Cl)cc1. The first-order valence-electron chi connectivity index (χ1n) is 6.24. The summed E-state index contributed by atoms with van der Waals surface area (Å²) >= 11 is 17.4. The van der Waals surface area contributed by atoms with E-state index in [0.29, 0.717) is 26.4 Å². The summed E-state index contributed by atoms with van der Waals surface area (Å²) in [7, 11) is 0. The number of anilines is 2. The number of benzene rings is 2. The molecule has 114 valence electrons. The molecule has 0 aliphatic heterocycles. The van der Waals surface area contributed by atoms with E-state index in [4.69, 9.17) is 34.8 Å². The van der Waals surface area contributed by atoms with Gasteiger partial charge in [0.15, 0.2) is 0 Å². The Morgan fingerprint density at radius 1 is 0.727 bits per heavy atom. The van der Waals surface area contributed by atoms with E-state index < -0.39 is 11.8 Å². The molecule has 2 N–H and O–H groups in total. The summed E-state index contributed by atoms with van der Waals surface area (Å²) < 4.78 is 0. The van der Waals surface area contributed by atoms with Gasteiger partial charge < -0.3 is 10.6 Å². The fraction of sp³-hybridized carbons (Fsp3) is 0.0667. The van der Waals surface area contributed by atoms with Gasteiger partial charge in [0, 0.05) is 26.4 Å². The van der Waals surface area contributed by atoms with Crippen LogP contribution in [-0.2, 0) is 9.59 Å². The van der Waals surface area contributed by atoms with Crippen LogP contribution in [0.5, 0.6) is 0 Å². The molecule has 0 atom stereocenters. The van der Waals surface area contributed by atoms with Gasteiger partial charge in [0.1, 0.15) is 6.42 Å². The molecule has 2 amide bonds. The molecule has 0 heterocycles. The minimum Gasteiger partial charge on any atom is -0.326 e. The van der Waals surface area contributed by atoms with Crippen LogP contribution in [0, 0.1) is 0 Å². The van der Waals surface area contributed by atoms with E-state index in [9.17, 15) is 9.59 Å². The highest BCUT2D eigenvalue weighted by molar-refractivity contribution is 6.35. The van der Waals surface area contributed by atoms with E-state index in [1.165, 1.54) is 0 Å². The Balaban J connectivity index is 1.91. The molecule has 0 bridgehead atoms. The molecular weight excluding hydrogens is 347 g/mol. The number of carbonyl (C=O) groups excluding carboxylic acids is 2. The van der Waals surface area contributed by atoms with E-state index in [0.717, 1.165) is 0 Å². The van der Waals surface area contributed by atoms with Crippen LogP contribution in [0.25, 0.3) is 0 Å². The molecule has 0 fully saturated rings. The molecule has 7 heteroatoms. The minimum absolute atomic E-state index is 0.327. The van der Waals surface area contributed by atoms with Crippen LogP contribution in [0.3, 0.4) is 0 Å². The monoisotopic (exact) mass is 356 g/mol. The summed E-state index contributed by atoms with van der Waals surface area (Å²) in [5, 5.41) is 6.51. The number of carbonyl (C=O) groups is 2. The van der Waals surface area contributed by atoms with Gasteiger partial charge in [-0.2, -0.15) is 0 Å². The molecule has 2 aromatic carbocycles. The van der Waals surface area contributed by atoms with Crippen molar-refractivity contribution < 1.29 is 9.59 Å². The standard InChI is InChI=1S/C15H11Cl3N2O2/c16-9-1-3-12(4-2-9)19-14(21)8-15(22)20-13-6-10(17)5-11(18)7-13/h1-7H,8H2,(H,19,21)(H,20,22). The average Bonchev–Trinajstić information content (AvgIpc) is 2.39. The minimum atomic E-state index is -0.468. The lowest BCUT2D eigenvalue weighted by Gasteiger charge is -2.07. The normalized spacial score (nSPS) is 10.1. The zero-order chi connectivity index (χ0) is 16.1. The predicted octanol–water partition coefficient (Wildman–Crippen LogP) is 4.61. The van der Waals surface area contributed by atoms with Crippen molar-refractivity contribution in [2.24, 2.45) is 0 Å². The number of hydrogen-bond donors (Lipinski definition) is 2. The Labute approximate surface area is 142 Å². The maximum atomic E-state index is 11.8. The van der Waals surface area contributed by atoms with E-state index >= 15 is 0 Å². The van der Waals surface area contributed by atoms with Gasteiger partial charge >= 0.3 is 0 Å². The Morgan fingerprint density at radius 3 is 1.77 bits per heavy atom. The van der Waals surface area contributed by atoms with Crippen molar-refractivity contribution in [3.05, 3.63) is 57.5 Å². The van der Waals surface area contributed by atoms with Gasteiger partial charge in [0.25, 0.3) is 0 Å². The van der Waals surface area contributed by atoms with Gasteiger partial charge in [0.2, 0.25) is 11.8 Å². The first-order chi connectivity index (χ1) is 10.4. The van der Waals surface area contributed by atoms with Gasteiger partial charge in [-0.15, -0.1) is 0 Å². The van der Waals surface area contributed by atoms with Crippen LogP contribution < -0.4 is 10.6 Å². The molecule has 0 spiro atoms. The van der Waals surface area contributed by atoms with Crippen molar-refractivity contribution in [3.63, 3.8) is 0 Å². The topological polar surface area (TPSA) is 58.2 Å². The van der Waals surface area contributed by atoms with Crippen molar-refractivity contribution in [2.75, 3.05) is 10.6 Å². The van der Waals surface area contributed by atoms with Crippen LogP contribution in [0.15, 0.2) is 42.5 Å². The highest BCUT2D eigenvalue weighted by Crippen LogP contribution is 2.22. The van der Waals surface area contributed by atoms with Gasteiger partial charge in [-0.25, -0.2) is 0 Å². The van der Waals surface area contributed by atoms with Gasteiger partial charge in [-0.05, 0) is 42.5 Å². The second-order valence-corrected chi connectivity index (χ2v) is 5.75. The summed E-state index contributed by atoms with van der Waals surface area (Å²) in [5.41, 5.74) is 0.995. The van der Waals surface area contributed by atoms with Gasteiger partial charge in [-0.1, -0.05) is 34.8 Å². The van der Waals surface area contributed by atoms with Crippen molar-refractivity contribution in [3.8, 4) is 0 Å². The lowest BCUT2D eigenvalue weighted by atomic mass is 10.3. The second-order valence-electron chi connectivity index (χ2n) is 4.44. The molecule has 0 aliphatic rings. The van der Waals surface area contributed by atoms with Crippen LogP contribution in [0.2, 0.25) is 15.1 Å². The predicted molar refractivity (Wildman–Crippen MR) is 89.8 cm³/mol. The zero-order valence-electron chi connectivity index (χ0n) is 11.2. The Bertz CT molecular complexity index is 682. The molecule has 4 nitrogen and oxygen atoms in total. The molecule has 0 aliphatic carbocycles. The molecule has 2 aromatic rings. The summed E-state index contributed by atoms with van der Waals surface area (Å²) in [6.07, 6.45) is -0.327. The third kappa shape index (κ3) is 5.22. The number of amides is 2. The largest absolute Gasteiger partial charge is 0.326 e. The summed E-state index contributed by atoms with van der Waals surface area (Å²) in [5.74, 6) is -0.905. The Kier molecular flexibility index (Phi) is 5.66. The van der Waals surface area contributed by atoms with Crippen LogP contribution >= 0.6 is 34.8 Å². The van der Waals surface area contributed by atoms with E-state index in [1.807, 2.05) is 0 Å². The van der Waals surface area contributed by atoms with Crippen molar-refractivity contribution in [1.29, 1.82) is 0 Å². The highest BCUT2D eigenvalue weighted by atomic mass is 35.5. The van der Waals surface area contributed by atoms with Crippen molar-refractivity contribution in [2.45, 2.75) is 6.42 Å². The first-order valence-corrected chi connectivity index (χ1v) is 7.37. The Hall–Kier alpha value is -1.75. The highest BCUT2D eigenvalue weighted by Gasteiger charge is 2.10. The Morgan fingerprint density at radius 2 is 1.23 bits per heavy atom. The smallest absolute Gasteiger partial charge is 0.233 e. The number of nitrogens with one attached hydrogen (secondary N) is 2. The van der Waals surface area contributed by atoms with E-state index in [1.54, 1.807) is 42.5 Å². The average molecular weight is 358 g/mol. The maximum absolute atomic E-state index is 11.8. The maximum Gasteiger partial charge on any atom is 0.233 e. The van der Waals surface area contributed by atoms with Gasteiger partial charge in [-0.3, -0.25) is 9.59 Å². The quantitative estimate of drug-likeness (QED) is 0.785.